The molecule has 21 heavy (non-hydrogen) atoms. The van der Waals surface area contributed by atoms with Gasteiger partial charge in [0.2, 0.25) is 5.91 Å². The minimum Gasteiger partial charge on any atom is -0.356 e. The second-order valence-electron chi connectivity index (χ2n) is 6.01. The van der Waals surface area contributed by atoms with Crippen LogP contribution in [0.25, 0.3) is 11.0 Å². The zero-order valence-corrected chi connectivity index (χ0v) is 12.4. The normalized spacial score (nSPS) is 16.2. The third-order valence-electron chi connectivity index (χ3n) is 4.32. The molecule has 1 fully saturated rings. The van der Waals surface area contributed by atoms with E-state index in [0.29, 0.717) is 18.9 Å². The Morgan fingerprint density at radius 2 is 2.05 bits per heavy atom. The van der Waals surface area contributed by atoms with Crippen LogP contribution in [0.3, 0.4) is 0 Å². The van der Waals surface area contributed by atoms with E-state index in [4.69, 9.17) is 0 Å². The Kier molecular flexibility index (Phi) is 4.53. The second-order valence-corrected chi connectivity index (χ2v) is 6.01. The molecule has 3 rings (SSSR count). The van der Waals surface area contributed by atoms with E-state index in [9.17, 15) is 4.79 Å². The number of amides is 1. The summed E-state index contributed by atoms with van der Waals surface area (Å²) >= 11 is 0. The van der Waals surface area contributed by atoms with Gasteiger partial charge < -0.3 is 10.3 Å². The predicted molar refractivity (Wildman–Crippen MR) is 84.0 cm³/mol. The summed E-state index contributed by atoms with van der Waals surface area (Å²) in [5.74, 6) is 1.73. The molecule has 1 aliphatic carbocycles. The highest BCUT2D eigenvalue weighted by molar-refractivity contribution is 5.76. The van der Waals surface area contributed by atoms with Crippen molar-refractivity contribution in [1.29, 1.82) is 0 Å². The Balaban J connectivity index is 1.43. The van der Waals surface area contributed by atoms with Crippen molar-refractivity contribution < 1.29 is 4.79 Å². The number of hydrogen-bond acceptors (Lipinski definition) is 2. The standard InChI is InChI=1S/C17H23N3O/c21-17(12-13-6-2-1-3-7-13)18-11-10-16-19-14-8-4-5-9-15(14)20-16/h4-5,8-9,13H,1-3,6-7,10-12H2,(H,18,21)(H,19,20). The van der Waals surface area contributed by atoms with E-state index in [1.54, 1.807) is 0 Å². The number of nitrogens with zero attached hydrogens (tertiary/aromatic N) is 1. The predicted octanol–water partition coefficient (Wildman–Crippen LogP) is 3.19. The van der Waals surface area contributed by atoms with Crippen molar-refractivity contribution in [2.45, 2.75) is 44.9 Å². The number of imidazole rings is 1. The summed E-state index contributed by atoms with van der Waals surface area (Å²) in [4.78, 5) is 19.7. The molecule has 1 aliphatic rings. The topological polar surface area (TPSA) is 57.8 Å². The van der Waals surface area contributed by atoms with Crippen molar-refractivity contribution in [3.8, 4) is 0 Å². The van der Waals surface area contributed by atoms with Crippen molar-refractivity contribution in [2.24, 2.45) is 5.92 Å². The molecule has 4 heteroatoms. The fourth-order valence-electron chi connectivity index (χ4n) is 3.17. The monoisotopic (exact) mass is 285 g/mol. The van der Waals surface area contributed by atoms with Gasteiger partial charge in [-0.15, -0.1) is 0 Å². The lowest BCUT2D eigenvalue weighted by molar-refractivity contribution is -0.122. The molecule has 1 aromatic carbocycles. The minimum atomic E-state index is 0.193. The molecule has 2 aromatic rings. The van der Waals surface area contributed by atoms with Gasteiger partial charge in [-0.2, -0.15) is 0 Å². The number of H-pyrrole nitrogens is 1. The third-order valence-corrected chi connectivity index (χ3v) is 4.32. The number of carbonyl (C=O) groups excluding carboxylic acids is 1. The first-order valence-corrected chi connectivity index (χ1v) is 8.01. The number of fused-ring (bicyclic) bond motifs is 1. The van der Waals surface area contributed by atoms with Crippen LogP contribution in [0.5, 0.6) is 0 Å². The maximum atomic E-state index is 11.9. The van der Waals surface area contributed by atoms with Crippen molar-refractivity contribution in [3.63, 3.8) is 0 Å². The molecule has 1 aromatic heterocycles. The molecule has 1 amide bonds. The Bertz CT molecular complexity index is 566. The summed E-state index contributed by atoms with van der Waals surface area (Å²) in [7, 11) is 0. The fraction of sp³-hybridized carbons (Fsp3) is 0.529. The Morgan fingerprint density at radius 3 is 2.86 bits per heavy atom. The van der Waals surface area contributed by atoms with Gasteiger partial charge in [0.15, 0.2) is 0 Å². The van der Waals surface area contributed by atoms with Gasteiger partial charge in [-0.05, 0) is 30.9 Å². The summed E-state index contributed by atoms with van der Waals surface area (Å²) in [5.41, 5.74) is 2.04. The number of rotatable bonds is 5. The number of nitrogens with one attached hydrogen (secondary N) is 2. The van der Waals surface area contributed by atoms with Crippen molar-refractivity contribution in [3.05, 3.63) is 30.1 Å². The van der Waals surface area contributed by atoms with Gasteiger partial charge in [0.05, 0.1) is 11.0 Å². The molecule has 0 spiro atoms. The van der Waals surface area contributed by atoms with Gasteiger partial charge in [0.25, 0.3) is 0 Å². The van der Waals surface area contributed by atoms with Gasteiger partial charge in [0.1, 0.15) is 5.82 Å². The summed E-state index contributed by atoms with van der Waals surface area (Å²) in [5, 5.41) is 3.02. The number of aromatic nitrogens is 2. The third kappa shape index (κ3) is 3.84. The van der Waals surface area contributed by atoms with E-state index in [1.807, 2.05) is 24.3 Å². The highest BCUT2D eigenvalue weighted by Crippen LogP contribution is 2.25. The first-order chi connectivity index (χ1) is 10.3. The first-order valence-electron chi connectivity index (χ1n) is 8.01. The molecule has 0 saturated heterocycles. The van der Waals surface area contributed by atoms with Crippen LogP contribution in [0.4, 0.5) is 0 Å². The minimum absolute atomic E-state index is 0.193. The molecule has 0 atom stereocenters. The fourth-order valence-corrected chi connectivity index (χ4v) is 3.17. The van der Waals surface area contributed by atoms with Crippen LogP contribution in [0.2, 0.25) is 0 Å². The van der Waals surface area contributed by atoms with Crippen LogP contribution in [-0.2, 0) is 11.2 Å². The van der Waals surface area contributed by atoms with Gasteiger partial charge in [-0.25, -0.2) is 4.98 Å². The zero-order chi connectivity index (χ0) is 14.5. The molecule has 0 unspecified atom stereocenters. The van der Waals surface area contributed by atoms with E-state index in [-0.39, 0.29) is 5.91 Å². The Morgan fingerprint density at radius 1 is 1.24 bits per heavy atom. The molecule has 112 valence electrons. The zero-order valence-electron chi connectivity index (χ0n) is 12.4. The van der Waals surface area contributed by atoms with Crippen LogP contribution < -0.4 is 5.32 Å². The molecule has 0 bridgehead atoms. The van der Waals surface area contributed by atoms with Gasteiger partial charge >= 0.3 is 0 Å². The molecular formula is C17H23N3O. The number of aromatic amines is 1. The van der Waals surface area contributed by atoms with Gasteiger partial charge in [-0.3, -0.25) is 4.79 Å². The van der Waals surface area contributed by atoms with E-state index in [0.717, 1.165) is 23.3 Å². The Hall–Kier alpha value is -1.84. The SMILES string of the molecule is O=C(CC1CCCCC1)NCCc1nc2ccccc2[nH]1. The van der Waals surface area contributed by atoms with Crippen molar-refractivity contribution >= 4 is 16.9 Å². The smallest absolute Gasteiger partial charge is 0.220 e. The van der Waals surface area contributed by atoms with Crippen molar-refractivity contribution in [1.82, 2.24) is 15.3 Å². The van der Waals surface area contributed by atoms with Crippen LogP contribution in [-0.4, -0.2) is 22.4 Å². The molecule has 0 radical (unpaired) electrons. The highest BCUT2D eigenvalue weighted by Gasteiger charge is 2.16. The number of hydrogen-bond donors (Lipinski definition) is 2. The molecule has 2 N–H and O–H groups in total. The van der Waals surface area contributed by atoms with Crippen LogP contribution in [0.1, 0.15) is 44.3 Å². The Labute approximate surface area is 125 Å². The van der Waals surface area contributed by atoms with Crippen LogP contribution >= 0.6 is 0 Å². The van der Waals surface area contributed by atoms with E-state index in [2.05, 4.69) is 15.3 Å². The van der Waals surface area contributed by atoms with Crippen molar-refractivity contribution in [2.75, 3.05) is 6.54 Å². The van der Waals surface area contributed by atoms with Crippen LogP contribution in [0.15, 0.2) is 24.3 Å². The highest BCUT2D eigenvalue weighted by atomic mass is 16.1. The largest absolute Gasteiger partial charge is 0.356 e. The molecule has 0 aliphatic heterocycles. The summed E-state index contributed by atoms with van der Waals surface area (Å²) < 4.78 is 0. The van der Waals surface area contributed by atoms with Crippen LogP contribution in [0, 0.1) is 5.92 Å². The quantitative estimate of drug-likeness (QED) is 0.886. The average molecular weight is 285 g/mol. The number of carbonyl (C=O) groups is 1. The second kappa shape index (κ2) is 6.74. The molecule has 1 saturated carbocycles. The average Bonchev–Trinajstić information content (AvgIpc) is 2.91. The maximum Gasteiger partial charge on any atom is 0.220 e. The lowest BCUT2D eigenvalue weighted by Crippen LogP contribution is -2.28. The molecule has 4 nitrogen and oxygen atoms in total. The molecular weight excluding hydrogens is 262 g/mol. The lowest BCUT2D eigenvalue weighted by Gasteiger charge is -2.20. The first kappa shape index (κ1) is 14.1. The summed E-state index contributed by atoms with van der Waals surface area (Å²) in [6.07, 6.45) is 7.80. The van der Waals surface area contributed by atoms with E-state index < -0.39 is 0 Å². The number of benzene rings is 1. The number of para-hydroxylation sites is 2. The lowest BCUT2D eigenvalue weighted by atomic mass is 9.87. The summed E-state index contributed by atoms with van der Waals surface area (Å²) in [6.45, 7) is 0.658. The van der Waals surface area contributed by atoms with Gasteiger partial charge in [-0.1, -0.05) is 31.4 Å². The van der Waals surface area contributed by atoms with E-state index >= 15 is 0 Å². The summed E-state index contributed by atoms with van der Waals surface area (Å²) in [6, 6.07) is 8.00. The maximum absolute atomic E-state index is 11.9. The van der Waals surface area contributed by atoms with E-state index in [1.165, 1.54) is 32.1 Å². The molecule has 1 heterocycles. The van der Waals surface area contributed by atoms with Gasteiger partial charge in [0, 0.05) is 19.4 Å².